The number of aryl methyl sites for hydroxylation is 1. The van der Waals surface area contributed by atoms with Crippen molar-refractivity contribution in [1.82, 2.24) is 20.1 Å². The fourth-order valence-corrected chi connectivity index (χ4v) is 7.30. The average molecular weight is 707 g/mol. The number of rotatable bonds is 17. The number of benzene rings is 2. The Morgan fingerprint density at radius 1 is 0.769 bits per heavy atom. The molecule has 9 heteroatoms. The Labute approximate surface area is 309 Å². The lowest BCUT2D eigenvalue weighted by Crippen LogP contribution is -2.50. The Hall–Kier alpha value is -4.76. The van der Waals surface area contributed by atoms with Gasteiger partial charge in [0.25, 0.3) is 0 Å². The van der Waals surface area contributed by atoms with Gasteiger partial charge in [-0.3, -0.25) is 14.7 Å². The topological polar surface area (TPSA) is 101 Å². The van der Waals surface area contributed by atoms with Crippen molar-refractivity contribution >= 4 is 17.8 Å². The summed E-state index contributed by atoms with van der Waals surface area (Å²) in [7, 11) is 0. The summed E-state index contributed by atoms with van der Waals surface area (Å²) in [5.41, 5.74) is 5.58. The van der Waals surface area contributed by atoms with Gasteiger partial charge in [-0.15, -0.1) is 0 Å². The van der Waals surface area contributed by atoms with Gasteiger partial charge in [0.2, 0.25) is 5.91 Å². The molecule has 0 spiro atoms. The molecule has 1 fully saturated rings. The first-order valence-electron chi connectivity index (χ1n) is 18.9. The number of esters is 2. The van der Waals surface area contributed by atoms with Crippen LogP contribution in [0.3, 0.4) is 0 Å². The molecule has 2 aromatic carbocycles. The highest BCUT2D eigenvalue weighted by molar-refractivity contribution is 5.97. The molecule has 1 aromatic heterocycles. The number of unbranched alkanes of at least 4 members (excludes halogenated alkanes) is 2. The van der Waals surface area contributed by atoms with Gasteiger partial charge in [-0.1, -0.05) is 92.9 Å². The molecule has 1 atom stereocenters. The van der Waals surface area contributed by atoms with Crippen LogP contribution >= 0.6 is 0 Å². The van der Waals surface area contributed by atoms with Crippen molar-refractivity contribution in [3.05, 3.63) is 124 Å². The molecule has 1 amide bonds. The largest absolute Gasteiger partial charge is 0.462 e. The number of pyridine rings is 1. The lowest BCUT2D eigenvalue weighted by atomic mass is 9.82. The second-order valence-electron chi connectivity index (χ2n) is 13.8. The van der Waals surface area contributed by atoms with E-state index in [4.69, 9.17) is 9.47 Å². The number of hydrogen-bond donors (Lipinski definition) is 1. The Kier molecular flexibility index (Phi) is 14.6. The minimum atomic E-state index is -0.385. The van der Waals surface area contributed by atoms with E-state index in [9.17, 15) is 14.4 Å². The Morgan fingerprint density at radius 2 is 1.37 bits per heavy atom. The smallest absolute Gasteiger partial charge is 0.336 e. The van der Waals surface area contributed by atoms with E-state index in [-0.39, 0.29) is 42.9 Å². The van der Waals surface area contributed by atoms with Gasteiger partial charge in [-0.25, -0.2) is 9.59 Å². The highest BCUT2D eigenvalue weighted by atomic mass is 16.5. The first-order valence-corrected chi connectivity index (χ1v) is 18.9. The monoisotopic (exact) mass is 706 g/mol. The molecule has 276 valence electrons. The first-order chi connectivity index (χ1) is 25.4. The summed E-state index contributed by atoms with van der Waals surface area (Å²) >= 11 is 0. The quantitative estimate of drug-likeness (QED) is 0.121. The third-order valence-corrected chi connectivity index (χ3v) is 10.0. The van der Waals surface area contributed by atoms with Gasteiger partial charge in [-0.2, -0.15) is 0 Å². The van der Waals surface area contributed by atoms with Crippen LogP contribution in [0, 0.1) is 5.92 Å². The van der Waals surface area contributed by atoms with E-state index in [1.165, 1.54) is 0 Å². The van der Waals surface area contributed by atoms with Crippen LogP contribution in [0.4, 0.5) is 0 Å². The van der Waals surface area contributed by atoms with E-state index in [0.29, 0.717) is 43.5 Å². The molecule has 0 radical (unpaired) electrons. The number of carbonyl (C=O) groups is 3. The van der Waals surface area contributed by atoms with Crippen LogP contribution in [0.1, 0.15) is 81.9 Å². The van der Waals surface area contributed by atoms with Crippen molar-refractivity contribution in [1.29, 1.82) is 0 Å². The molecule has 1 unspecified atom stereocenters. The average Bonchev–Trinajstić information content (AvgIpc) is 3.16. The number of carbonyl (C=O) groups excluding carboxylic acids is 3. The lowest BCUT2D eigenvalue weighted by Gasteiger charge is -2.36. The fourth-order valence-electron chi connectivity index (χ4n) is 7.30. The molecule has 3 heterocycles. The normalized spacial score (nSPS) is 16.5. The van der Waals surface area contributed by atoms with Gasteiger partial charge >= 0.3 is 11.9 Å². The predicted octanol–water partition coefficient (Wildman–Crippen LogP) is 6.81. The summed E-state index contributed by atoms with van der Waals surface area (Å²) in [5, 5.41) is 3.27. The summed E-state index contributed by atoms with van der Waals surface area (Å²) in [4.78, 5) is 49.4. The van der Waals surface area contributed by atoms with Gasteiger partial charge in [-0.05, 0) is 62.3 Å². The van der Waals surface area contributed by atoms with Crippen LogP contribution in [0.15, 0.2) is 108 Å². The Balaban J connectivity index is 1.11. The first kappa shape index (κ1) is 38.5. The number of nitrogens with zero attached hydrogens (tertiary/aromatic N) is 3. The maximum Gasteiger partial charge on any atom is 0.336 e. The third kappa shape index (κ3) is 10.4. The molecule has 52 heavy (non-hydrogen) atoms. The summed E-state index contributed by atoms with van der Waals surface area (Å²) < 4.78 is 11.6. The van der Waals surface area contributed by atoms with Gasteiger partial charge < -0.3 is 19.7 Å². The molecule has 0 aliphatic carbocycles. The molecule has 9 nitrogen and oxygen atoms in total. The number of amides is 1. The molecule has 1 saturated heterocycles. The maximum atomic E-state index is 13.8. The van der Waals surface area contributed by atoms with E-state index >= 15 is 0 Å². The van der Waals surface area contributed by atoms with Crippen molar-refractivity contribution in [2.45, 2.75) is 71.6 Å². The van der Waals surface area contributed by atoms with Crippen LogP contribution in [0.2, 0.25) is 0 Å². The van der Waals surface area contributed by atoms with Crippen molar-refractivity contribution in [2.75, 3.05) is 45.9 Å². The fraction of sp³-hybridized carbons (Fsp3) is 0.442. The molecule has 5 rings (SSSR count). The zero-order valence-corrected chi connectivity index (χ0v) is 31.0. The van der Waals surface area contributed by atoms with Gasteiger partial charge in [0.1, 0.15) is 0 Å². The zero-order valence-electron chi connectivity index (χ0n) is 31.0. The molecule has 1 N–H and O–H groups in total. The number of nitrogens with one attached hydrogen (secondary N) is 1. The van der Waals surface area contributed by atoms with Gasteiger partial charge in [0.15, 0.2) is 0 Å². The van der Waals surface area contributed by atoms with Crippen molar-refractivity contribution in [3.8, 4) is 0 Å². The van der Waals surface area contributed by atoms with E-state index in [1.54, 1.807) is 6.20 Å². The number of piperazine rings is 1. The zero-order chi connectivity index (χ0) is 36.7. The highest BCUT2D eigenvalue weighted by Crippen LogP contribution is 2.35. The Morgan fingerprint density at radius 3 is 1.92 bits per heavy atom. The second kappa shape index (κ2) is 19.7. The van der Waals surface area contributed by atoms with E-state index in [0.717, 1.165) is 73.4 Å². The minimum Gasteiger partial charge on any atom is -0.462 e. The summed E-state index contributed by atoms with van der Waals surface area (Å²) in [6, 6.07) is 23.9. The molecule has 0 bridgehead atoms. The van der Waals surface area contributed by atoms with E-state index in [2.05, 4.69) is 22.1 Å². The molecule has 2 aliphatic heterocycles. The number of hydrogen-bond acceptors (Lipinski definition) is 8. The van der Waals surface area contributed by atoms with Gasteiger partial charge in [0.05, 0.1) is 30.3 Å². The molecule has 3 aromatic rings. The number of allylic oxidation sites excluding steroid dienone is 2. The standard InChI is InChI=1S/C43H54N4O5/c1-4-5-8-22-37-38(42(49)51-29-14-17-34-16-13-23-44-31-34)32(2)45-33(3)39(37)43(50)52-30-15-24-46-25-27-47(28-26-46)41(48)40(35-18-9-6-10-19-35)36-20-11-7-12-21-36/h6-7,9-13,16,18-21,23,31,37,40,45H,4-5,8,14-15,17,22,24-30H2,1-3H3. The van der Waals surface area contributed by atoms with Crippen molar-refractivity contribution < 1.29 is 23.9 Å². The maximum absolute atomic E-state index is 13.8. The van der Waals surface area contributed by atoms with Crippen LogP contribution in [0.5, 0.6) is 0 Å². The molecular weight excluding hydrogens is 652 g/mol. The summed E-state index contributed by atoms with van der Waals surface area (Å²) in [6.07, 6.45) is 9.31. The summed E-state index contributed by atoms with van der Waals surface area (Å²) in [6.45, 7) is 10.1. The predicted molar refractivity (Wildman–Crippen MR) is 203 cm³/mol. The minimum absolute atomic E-state index is 0.126. The van der Waals surface area contributed by atoms with E-state index in [1.807, 2.05) is 97.7 Å². The van der Waals surface area contributed by atoms with Crippen LogP contribution in [-0.2, 0) is 30.3 Å². The molecule has 0 saturated carbocycles. The number of aromatic nitrogens is 1. The number of dihydropyridines is 1. The van der Waals surface area contributed by atoms with Crippen LogP contribution in [-0.4, -0.2) is 78.6 Å². The lowest BCUT2D eigenvalue weighted by molar-refractivity contribution is -0.141. The number of ether oxygens (including phenoxy) is 2. The molecule has 2 aliphatic rings. The van der Waals surface area contributed by atoms with Crippen LogP contribution in [0.25, 0.3) is 0 Å². The Bertz CT molecular complexity index is 1630. The van der Waals surface area contributed by atoms with Gasteiger partial charge in [0, 0.05) is 62.4 Å². The molecular formula is C43H54N4O5. The van der Waals surface area contributed by atoms with Crippen molar-refractivity contribution in [2.24, 2.45) is 5.92 Å². The van der Waals surface area contributed by atoms with Crippen molar-refractivity contribution in [3.63, 3.8) is 0 Å². The highest BCUT2D eigenvalue weighted by Gasteiger charge is 2.36. The third-order valence-electron chi connectivity index (χ3n) is 10.0. The SMILES string of the molecule is CCCCCC1C(C(=O)OCCCc2cccnc2)=C(C)NC(C)=C1C(=O)OCCCN1CCN(C(=O)C(c2ccccc2)c2ccccc2)CC1. The second-order valence-corrected chi connectivity index (χ2v) is 13.8. The van der Waals surface area contributed by atoms with E-state index < -0.39 is 0 Å². The van der Waals surface area contributed by atoms with Crippen LogP contribution < -0.4 is 5.32 Å². The summed E-state index contributed by atoms with van der Waals surface area (Å²) in [5.74, 6) is -1.35.